The molecule has 0 bridgehead atoms. The average molecular weight is 287 g/mol. The zero-order chi connectivity index (χ0) is 14.1. The zero-order valence-corrected chi connectivity index (χ0v) is 13.2. The van der Waals surface area contributed by atoms with Crippen LogP contribution in [0.5, 0.6) is 0 Å². The quantitative estimate of drug-likeness (QED) is 0.666. The van der Waals surface area contributed by atoms with Gasteiger partial charge in [-0.3, -0.25) is 0 Å². The van der Waals surface area contributed by atoms with Crippen LogP contribution in [0.15, 0.2) is 0 Å². The normalized spacial score (nSPS) is 10.9. The van der Waals surface area contributed by atoms with E-state index in [1.54, 1.807) is 25.6 Å². The summed E-state index contributed by atoms with van der Waals surface area (Å²) in [6.07, 6.45) is 1.01. The highest BCUT2D eigenvalue weighted by atomic mass is 32.1. The van der Waals surface area contributed by atoms with Gasteiger partial charge < -0.3 is 19.7 Å². The van der Waals surface area contributed by atoms with Crippen molar-refractivity contribution in [2.45, 2.75) is 26.5 Å². The van der Waals surface area contributed by atoms with Crippen LogP contribution in [-0.2, 0) is 22.6 Å². The first-order chi connectivity index (χ1) is 9.22. The minimum absolute atomic E-state index is 0.573. The van der Waals surface area contributed by atoms with Gasteiger partial charge in [0.15, 0.2) is 5.13 Å². The summed E-state index contributed by atoms with van der Waals surface area (Å²) >= 11 is 1.74. The van der Waals surface area contributed by atoms with Gasteiger partial charge in [-0.25, -0.2) is 4.98 Å². The molecule has 6 heteroatoms. The molecule has 1 aromatic rings. The second-order valence-electron chi connectivity index (χ2n) is 4.35. The largest absolute Gasteiger partial charge is 0.385 e. The van der Waals surface area contributed by atoms with E-state index in [-0.39, 0.29) is 0 Å². The summed E-state index contributed by atoms with van der Waals surface area (Å²) in [5.74, 6) is 0. The van der Waals surface area contributed by atoms with Crippen LogP contribution in [0, 0.1) is 0 Å². The lowest BCUT2D eigenvalue weighted by atomic mass is 10.3. The molecule has 1 aromatic heterocycles. The first-order valence-electron chi connectivity index (χ1n) is 6.61. The summed E-state index contributed by atoms with van der Waals surface area (Å²) in [6, 6.07) is 0. The molecule has 1 heterocycles. The van der Waals surface area contributed by atoms with Crippen LogP contribution in [0.25, 0.3) is 0 Å². The van der Waals surface area contributed by atoms with E-state index in [0.29, 0.717) is 6.61 Å². The Morgan fingerprint density at radius 2 is 2.11 bits per heavy atom. The van der Waals surface area contributed by atoms with Gasteiger partial charge in [0, 0.05) is 45.8 Å². The number of rotatable bonds is 10. The molecule has 0 aliphatic carbocycles. The Kier molecular flexibility index (Phi) is 7.97. The van der Waals surface area contributed by atoms with Crippen LogP contribution >= 0.6 is 11.3 Å². The van der Waals surface area contributed by atoms with Crippen LogP contribution in [0.4, 0.5) is 5.13 Å². The molecular formula is C13H25N3O2S. The maximum Gasteiger partial charge on any atom is 0.185 e. The molecule has 1 rings (SSSR count). The average Bonchev–Trinajstić information content (AvgIpc) is 2.80. The van der Waals surface area contributed by atoms with E-state index in [1.165, 1.54) is 4.88 Å². The first-order valence-corrected chi connectivity index (χ1v) is 7.42. The molecule has 1 N–H and O–H groups in total. The molecule has 0 saturated heterocycles. The van der Waals surface area contributed by atoms with Gasteiger partial charge in [-0.1, -0.05) is 6.92 Å². The minimum atomic E-state index is 0.573. The number of nitrogens with zero attached hydrogens (tertiary/aromatic N) is 2. The standard InChI is InChI=1S/C13H25N3O2S/c1-5-14-9-12-11(10-18-4)15-13(19-12)16(2)7-6-8-17-3/h14H,5-10H2,1-4H3. The molecule has 0 aliphatic rings. The number of ether oxygens (including phenoxy) is 2. The zero-order valence-electron chi connectivity index (χ0n) is 12.4. The fraction of sp³-hybridized carbons (Fsp3) is 0.769. The van der Waals surface area contributed by atoms with Crippen LogP contribution < -0.4 is 10.2 Å². The summed E-state index contributed by atoms with van der Waals surface area (Å²) in [4.78, 5) is 8.11. The van der Waals surface area contributed by atoms with E-state index in [1.807, 2.05) is 0 Å². The molecule has 0 unspecified atom stereocenters. The number of nitrogens with one attached hydrogen (secondary N) is 1. The van der Waals surface area contributed by atoms with Crippen molar-refractivity contribution in [2.24, 2.45) is 0 Å². The first kappa shape index (κ1) is 16.4. The Labute approximate surface area is 119 Å². The molecule has 19 heavy (non-hydrogen) atoms. The number of anilines is 1. The van der Waals surface area contributed by atoms with Crippen LogP contribution in [0.3, 0.4) is 0 Å². The minimum Gasteiger partial charge on any atom is -0.385 e. The fourth-order valence-corrected chi connectivity index (χ4v) is 2.72. The molecule has 0 amide bonds. The summed E-state index contributed by atoms with van der Waals surface area (Å²) in [5.41, 5.74) is 1.04. The monoisotopic (exact) mass is 287 g/mol. The Hall–Kier alpha value is -0.690. The number of aromatic nitrogens is 1. The summed E-state index contributed by atoms with van der Waals surface area (Å²) < 4.78 is 10.3. The van der Waals surface area contributed by atoms with Crippen molar-refractivity contribution in [3.8, 4) is 0 Å². The number of hydrogen-bond acceptors (Lipinski definition) is 6. The third-order valence-corrected chi connectivity index (χ3v) is 3.96. The molecule has 0 radical (unpaired) electrons. The molecule has 0 aliphatic heterocycles. The number of methoxy groups -OCH3 is 2. The highest BCUT2D eigenvalue weighted by molar-refractivity contribution is 7.15. The van der Waals surface area contributed by atoms with Crippen molar-refractivity contribution in [3.05, 3.63) is 10.6 Å². The lowest BCUT2D eigenvalue weighted by Gasteiger charge is -2.14. The summed E-state index contributed by atoms with van der Waals surface area (Å²) in [5, 5.41) is 4.40. The second kappa shape index (κ2) is 9.25. The van der Waals surface area contributed by atoms with Gasteiger partial charge in [-0.05, 0) is 13.0 Å². The van der Waals surface area contributed by atoms with E-state index < -0.39 is 0 Å². The third kappa shape index (κ3) is 5.44. The highest BCUT2D eigenvalue weighted by Gasteiger charge is 2.13. The number of hydrogen-bond donors (Lipinski definition) is 1. The smallest absolute Gasteiger partial charge is 0.185 e. The predicted molar refractivity (Wildman–Crippen MR) is 80.0 cm³/mol. The summed E-state index contributed by atoms with van der Waals surface area (Å²) in [6.45, 7) is 6.24. The Balaban J connectivity index is 2.66. The summed E-state index contributed by atoms with van der Waals surface area (Å²) in [7, 11) is 5.51. The van der Waals surface area contributed by atoms with Gasteiger partial charge in [0.05, 0.1) is 12.3 Å². The predicted octanol–water partition coefficient (Wildman–Crippen LogP) is 1.87. The van der Waals surface area contributed by atoms with Gasteiger partial charge in [0.2, 0.25) is 0 Å². The van der Waals surface area contributed by atoms with Gasteiger partial charge in [0.1, 0.15) is 0 Å². The second-order valence-corrected chi connectivity index (χ2v) is 5.41. The van der Waals surface area contributed by atoms with Crippen LogP contribution in [-0.4, -0.2) is 45.9 Å². The van der Waals surface area contributed by atoms with Gasteiger partial charge in [-0.15, -0.1) is 11.3 Å². The topological polar surface area (TPSA) is 46.6 Å². The fourth-order valence-electron chi connectivity index (χ4n) is 1.70. The van der Waals surface area contributed by atoms with E-state index in [9.17, 15) is 0 Å². The Morgan fingerprint density at radius 1 is 1.32 bits per heavy atom. The highest BCUT2D eigenvalue weighted by Crippen LogP contribution is 2.26. The molecule has 0 aromatic carbocycles. The molecule has 0 spiro atoms. The van der Waals surface area contributed by atoms with Crippen molar-refractivity contribution >= 4 is 16.5 Å². The van der Waals surface area contributed by atoms with Crippen LogP contribution in [0.2, 0.25) is 0 Å². The van der Waals surface area contributed by atoms with Crippen LogP contribution in [0.1, 0.15) is 23.9 Å². The van der Waals surface area contributed by atoms with Gasteiger partial charge in [0.25, 0.3) is 0 Å². The molecule has 0 saturated carbocycles. The van der Waals surface area contributed by atoms with Gasteiger partial charge >= 0.3 is 0 Å². The molecule has 5 nitrogen and oxygen atoms in total. The molecule has 0 atom stereocenters. The van der Waals surface area contributed by atoms with Crippen molar-refractivity contribution < 1.29 is 9.47 Å². The third-order valence-electron chi connectivity index (χ3n) is 2.75. The van der Waals surface area contributed by atoms with E-state index >= 15 is 0 Å². The molecular weight excluding hydrogens is 262 g/mol. The van der Waals surface area contributed by atoms with E-state index in [2.05, 4.69) is 29.2 Å². The van der Waals surface area contributed by atoms with E-state index in [4.69, 9.17) is 9.47 Å². The lowest BCUT2D eigenvalue weighted by molar-refractivity contribution is 0.181. The van der Waals surface area contributed by atoms with Gasteiger partial charge in [-0.2, -0.15) is 0 Å². The molecule has 0 fully saturated rings. The molecule has 110 valence electrons. The Morgan fingerprint density at radius 3 is 2.74 bits per heavy atom. The van der Waals surface area contributed by atoms with E-state index in [0.717, 1.165) is 43.5 Å². The maximum absolute atomic E-state index is 5.22. The Bertz CT molecular complexity index is 358. The van der Waals surface area contributed by atoms with Crippen molar-refractivity contribution in [3.63, 3.8) is 0 Å². The lowest BCUT2D eigenvalue weighted by Crippen LogP contribution is -2.19. The number of thiazole rings is 1. The van der Waals surface area contributed by atoms with Crippen molar-refractivity contribution in [2.75, 3.05) is 45.9 Å². The van der Waals surface area contributed by atoms with Crippen molar-refractivity contribution in [1.29, 1.82) is 0 Å². The maximum atomic E-state index is 5.22. The SMILES string of the molecule is CCNCc1sc(N(C)CCCOC)nc1COC. The van der Waals surface area contributed by atoms with Crippen molar-refractivity contribution in [1.82, 2.24) is 10.3 Å².